The summed E-state index contributed by atoms with van der Waals surface area (Å²) in [4.78, 5) is 8.54. The van der Waals surface area contributed by atoms with Crippen molar-refractivity contribution >= 4 is 31.9 Å². The van der Waals surface area contributed by atoms with E-state index in [1.54, 1.807) is 12.4 Å². The number of alkyl halides is 2. The molecule has 0 aliphatic heterocycles. The number of hydrogen-bond donors (Lipinski definition) is 0. The van der Waals surface area contributed by atoms with Gasteiger partial charge in [0.05, 0.1) is 15.1 Å². The highest BCUT2D eigenvalue weighted by Gasteiger charge is 2.05. The maximum atomic E-state index is 4.29. The second-order valence-electron chi connectivity index (χ2n) is 2.99. The van der Waals surface area contributed by atoms with Crippen molar-refractivity contribution < 1.29 is 0 Å². The lowest BCUT2D eigenvalue weighted by molar-refractivity contribution is 1.22. The fourth-order valence-electron chi connectivity index (χ4n) is 1.24. The lowest BCUT2D eigenvalue weighted by Crippen LogP contribution is -1.89. The molecule has 2 heterocycles. The molecule has 15 heavy (non-hydrogen) atoms. The number of aromatic nitrogens is 2. The molecule has 0 N–H and O–H groups in total. The van der Waals surface area contributed by atoms with Gasteiger partial charge in [-0.3, -0.25) is 9.97 Å². The van der Waals surface area contributed by atoms with Crippen LogP contribution >= 0.6 is 31.9 Å². The van der Waals surface area contributed by atoms with Crippen molar-refractivity contribution in [3.05, 3.63) is 48.3 Å². The highest BCUT2D eigenvalue weighted by molar-refractivity contribution is 9.24. The highest BCUT2D eigenvalue weighted by atomic mass is 79.9. The number of hydrogen-bond acceptors (Lipinski definition) is 2. The fraction of sp³-hybridized carbons (Fsp3) is 0.0909. The molecule has 2 nitrogen and oxygen atoms in total. The minimum Gasteiger partial charge on any atom is -0.255 e. The summed E-state index contributed by atoms with van der Waals surface area (Å²) in [6.45, 7) is 0. The maximum absolute atomic E-state index is 4.29. The normalized spacial score (nSPS) is 10.6. The zero-order valence-electron chi connectivity index (χ0n) is 7.77. The van der Waals surface area contributed by atoms with Gasteiger partial charge in [0.15, 0.2) is 0 Å². The first-order valence-corrected chi connectivity index (χ1v) is 6.26. The van der Waals surface area contributed by atoms with E-state index in [9.17, 15) is 0 Å². The van der Waals surface area contributed by atoms with Gasteiger partial charge in [-0.2, -0.15) is 0 Å². The molecule has 2 rings (SSSR count). The van der Waals surface area contributed by atoms with Crippen LogP contribution < -0.4 is 0 Å². The van der Waals surface area contributed by atoms with Crippen molar-refractivity contribution in [1.29, 1.82) is 0 Å². The number of pyridine rings is 2. The third-order valence-electron chi connectivity index (χ3n) is 1.96. The van der Waals surface area contributed by atoms with E-state index < -0.39 is 0 Å². The van der Waals surface area contributed by atoms with Gasteiger partial charge >= 0.3 is 0 Å². The summed E-state index contributed by atoms with van der Waals surface area (Å²) >= 11 is 6.92. The van der Waals surface area contributed by atoms with Crippen LogP contribution in [0.2, 0.25) is 0 Å². The Kier molecular flexibility index (Phi) is 3.49. The molecule has 0 fully saturated rings. The average molecular weight is 328 g/mol. The van der Waals surface area contributed by atoms with Gasteiger partial charge in [0, 0.05) is 12.4 Å². The predicted molar refractivity (Wildman–Crippen MR) is 68.1 cm³/mol. The van der Waals surface area contributed by atoms with Crippen molar-refractivity contribution in [2.45, 2.75) is 3.74 Å². The minimum atomic E-state index is 0.149. The van der Waals surface area contributed by atoms with Crippen LogP contribution in [0.5, 0.6) is 0 Å². The Morgan fingerprint density at radius 3 is 2.40 bits per heavy atom. The Bertz CT molecular complexity index is 443. The summed E-state index contributed by atoms with van der Waals surface area (Å²) in [5, 5.41) is 0. The van der Waals surface area contributed by atoms with Crippen LogP contribution in [-0.2, 0) is 0 Å². The number of rotatable bonds is 2. The lowest BCUT2D eigenvalue weighted by Gasteiger charge is -2.04. The number of nitrogens with zero attached hydrogens (tertiary/aromatic N) is 2. The van der Waals surface area contributed by atoms with Crippen LogP contribution in [0.3, 0.4) is 0 Å². The topological polar surface area (TPSA) is 25.8 Å². The first kappa shape index (κ1) is 10.8. The Morgan fingerprint density at radius 1 is 0.933 bits per heavy atom. The molecule has 2 aromatic heterocycles. The molecule has 4 heteroatoms. The average Bonchev–Trinajstić information content (AvgIpc) is 2.30. The Labute approximate surface area is 105 Å². The molecular formula is C11H8Br2N2. The van der Waals surface area contributed by atoms with Crippen molar-refractivity contribution in [2.24, 2.45) is 0 Å². The van der Waals surface area contributed by atoms with E-state index in [4.69, 9.17) is 0 Å². The lowest BCUT2D eigenvalue weighted by atomic mass is 10.2. The summed E-state index contributed by atoms with van der Waals surface area (Å²) in [5.41, 5.74) is 2.91. The van der Waals surface area contributed by atoms with Crippen LogP contribution in [-0.4, -0.2) is 9.97 Å². The van der Waals surface area contributed by atoms with Gasteiger partial charge in [-0.05, 0) is 29.8 Å². The summed E-state index contributed by atoms with van der Waals surface area (Å²) in [6.07, 6.45) is 3.55. The summed E-state index contributed by atoms with van der Waals surface area (Å²) in [7, 11) is 0. The van der Waals surface area contributed by atoms with E-state index in [1.165, 1.54) is 0 Å². The molecule has 0 saturated carbocycles. The molecule has 0 spiro atoms. The summed E-state index contributed by atoms with van der Waals surface area (Å²) < 4.78 is 0.149. The fourth-order valence-corrected chi connectivity index (χ4v) is 1.81. The monoisotopic (exact) mass is 326 g/mol. The molecule has 76 valence electrons. The molecule has 0 amide bonds. The van der Waals surface area contributed by atoms with E-state index >= 15 is 0 Å². The van der Waals surface area contributed by atoms with Crippen molar-refractivity contribution in [3.63, 3.8) is 0 Å². The van der Waals surface area contributed by atoms with Crippen LogP contribution in [0.4, 0.5) is 0 Å². The van der Waals surface area contributed by atoms with Gasteiger partial charge in [-0.25, -0.2) is 0 Å². The van der Waals surface area contributed by atoms with Gasteiger partial charge in [0.1, 0.15) is 0 Å². The summed E-state index contributed by atoms with van der Waals surface area (Å²) in [6, 6.07) is 9.77. The molecule has 0 atom stereocenters. The van der Waals surface area contributed by atoms with Crippen molar-refractivity contribution in [1.82, 2.24) is 9.97 Å². The third kappa shape index (κ3) is 2.63. The largest absolute Gasteiger partial charge is 0.255 e. The highest BCUT2D eigenvalue weighted by Crippen LogP contribution is 2.30. The second-order valence-corrected chi connectivity index (χ2v) is 6.05. The molecule has 0 radical (unpaired) electrons. The van der Waals surface area contributed by atoms with E-state index in [0.717, 1.165) is 17.0 Å². The van der Waals surface area contributed by atoms with Gasteiger partial charge in [0.2, 0.25) is 0 Å². The first-order valence-electron chi connectivity index (χ1n) is 4.43. The molecule has 0 aliphatic carbocycles. The smallest absolute Gasteiger partial charge is 0.0947 e. The van der Waals surface area contributed by atoms with Crippen molar-refractivity contribution in [3.8, 4) is 11.4 Å². The maximum Gasteiger partial charge on any atom is 0.0947 e. The van der Waals surface area contributed by atoms with Crippen LogP contribution in [0.1, 0.15) is 9.30 Å². The molecule has 0 unspecified atom stereocenters. The van der Waals surface area contributed by atoms with Crippen LogP contribution in [0, 0.1) is 0 Å². The Hall–Kier alpha value is -0.740. The summed E-state index contributed by atoms with van der Waals surface area (Å²) in [5.74, 6) is 0. The molecule has 0 bridgehead atoms. The predicted octanol–water partition coefficient (Wildman–Crippen LogP) is 3.93. The van der Waals surface area contributed by atoms with Gasteiger partial charge < -0.3 is 0 Å². The van der Waals surface area contributed by atoms with Crippen LogP contribution in [0.25, 0.3) is 11.4 Å². The standard InChI is InChI=1S/C11H8Br2N2/c12-11(13)8-4-6-15-10(7-8)9-3-1-2-5-14-9/h1-7,11H. The minimum absolute atomic E-state index is 0.149. The quantitative estimate of drug-likeness (QED) is 0.781. The van der Waals surface area contributed by atoms with Gasteiger partial charge in [-0.15, -0.1) is 0 Å². The van der Waals surface area contributed by atoms with Crippen molar-refractivity contribution in [2.75, 3.05) is 0 Å². The van der Waals surface area contributed by atoms with E-state index in [0.29, 0.717) is 0 Å². The van der Waals surface area contributed by atoms with E-state index in [2.05, 4.69) is 41.8 Å². The molecule has 2 aromatic rings. The third-order valence-corrected chi connectivity index (χ3v) is 3.02. The SMILES string of the molecule is BrC(Br)c1ccnc(-c2ccccn2)c1. The van der Waals surface area contributed by atoms with Gasteiger partial charge in [0.25, 0.3) is 0 Å². The Balaban J connectivity index is 2.42. The zero-order chi connectivity index (χ0) is 10.7. The van der Waals surface area contributed by atoms with Gasteiger partial charge in [-0.1, -0.05) is 37.9 Å². The number of halogens is 2. The second kappa shape index (κ2) is 4.86. The van der Waals surface area contributed by atoms with E-state index in [1.807, 2.05) is 30.3 Å². The molecule has 0 aliphatic rings. The van der Waals surface area contributed by atoms with Crippen LogP contribution in [0.15, 0.2) is 42.7 Å². The zero-order valence-corrected chi connectivity index (χ0v) is 10.9. The first-order chi connectivity index (χ1) is 7.27. The Morgan fingerprint density at radius 2 is 1.73 bits per heavy atom. The van der Waals surface area contributed by atoms with E-state index in [-0.39, 0.29) is 3.74 Å². The molecular weight excluding hydrogens is 320 g/mol. The molecule has 0 saturated heterocycles. The molecule has 0 aromatic carbocycles.